The average molecular weight is 569 g/mol. The molecule has 0 saturated heterocycles. The van der Waals surface area contributed by atoms with Crippen molar-refractivity contribution in [2.75, 3.05) is 6.54 Å². The van der Waals surface area contributed by atoms with E-state index in [-0.39, 0.29) is 53.4 Å². The van der Waals surface area contributed by atoms with Crippen molar-refractivity contribution in [3.05, 3.63) is 34.5 Å². The Balaban J connectivity index is 1.92. The van der Waals surface area contributed by atoms with Gasteiger partial charge in [-0.2, -0.15) is 22.0 Å². The number of alkyl halides is 5. The van der Waals surface area contributed by atoms with E-state index in [1.54, 1.807) is 6.92 Å². The number of hydrogen-bond acceptors (Lipinski definition) is 6. The third-order valence-corrected chi connectivity index (χ3v) is 7.06. The minimum Gasteiger partial charge on any atom is -0.431 e. The molecule has 1 saturated carbocycles. The van der Waals surface area contributed by atoms with Gasteiger partial charge in [-0.15, -0.1) is 0 Å². The lowest BCUT2D eigenvalue weighted by molar-refractivity contribution is -0.169. The van der Waals surface area contributed by atoms with Crippen LogP contribution in [-0.2, 0) is 12.8 Å². The molecule has 2 aromatic rings. The number of halogens is 6. The quantitative estimate of drug-likeness (QED) is 0.385. The predicted octanol–water partition coefficient (Wildman–Crippen LogP) is 4.47. The molecule has 0 bridgehead atoms. The predicted molar refractivity (Wildman–Crippen MR) is 128 cm³/mol. The first-order valence-corrected chi connectivity index (χ1v) is 12.5. The Hall–Kier alpha value is -2.51. The number of aromatic nitrogens is 3. The van der Waals surface area contributed by atoms with Gasteiger partial charge in [-0.3, -0.25) is 9.36 Å². The minimum absolute atomic E-state index is 0.00933. The molecule has 1 unspecified atom stereocenters. The zero-order valence-electron chi connectivity index (χ0n) is 21.0. The van der Waals surface area contributed by atoms with Crippen LogP contribution < -0.4 is 10.1 Å². The average Bonchev–Trinajstić information content (AvgIpc) is 3.15. The first-order chi connectivity index (χ1) is 17.7. The number of aryl methyl sites for hydroxylation is 1. The van der Waals surface area contributed by atoms with Crippen molar-refractivity contribution in [1.82, 2.24) is 19.9 Å². The molecule has 1 amide bonds. The number of amides is 1. The van der Waals surface area contributed by atoms with E-state index in [1.807, 2.05) is 6.92 Å². The molecular formula is C24H30ClF5N4O4. The monoisotopic (exact) mass is 568 g/mol. The lowest BCUT2D eigenvalue weighted by Gasteiger charge is -2.39. The smallest absolute Gasteiger partial charge is 0.391 e. The Labute approximate surface area is 221 Å². The molecule has 8 nitrogen and oxygen atoms in total. The van der Waals surface area contributed by atoms with Gasteiger partial charge in [0.15, 0.2) is 17.3 Å². The molecule has 3 rings (SSSR count). The molecule has 1 aliphatic carbocycles. The van der Waals surface area contributed by atoms with Crippen LogP contribution in [0.2, 0.25) is 5.15 Å². The summed E-state index contributed by atoms with van der Waals surface area (Å²) in [6.07, 6.45) is -3.48. The molecule has 4 atom stereocenters. The molecule has 0 aliphatic heterocycles. The van der Waals surface area contributed by atoms with Crippen LogP contribution in [0.4, 0.5) is 22.0 Å². The van der Waals surface area contributed by atoms with Crippen molar-refractivity contribution in [3.8, 4) is 11.6 Å². The van der Waals surface area contributed by atoms with Gasteiger partial charge in [-0.25, -0.2) is 9.97 Å². The third kappa shape index (κ3) is 6.73. The number of nitrogens with one attached hydrogen (secondary N) is 1. The maximum atomic E-state index is 13.2. The summed E-state index contributed by atoms with van der Waals surface area (Å²) in [7, 11) is 0. The Morgan fingerprint density at radius 3 is 2.66 bits per heavy atom. The van der Waals surface area contributed by atoms with Gasteiger partial charge in [0.2, 0.25) is 0 Å². The number of rotatable bonds is 9. The number of aliphatic hydroxyl groups excluding tert-OH is 1. The van der Waals surface area contributed by atoms with Gasteiger partial charge < -0.3 is 20.3 Å². The lowest BCUT2D eigenvalue weighted by Crippen LogP contribution is -2.54. The van der Waals surface area contributed by atoms with E-state index in [4.69, 9.17) is 11.6 Å². The highest BCUT2D eigenvalue weighted by Crippen LogP contribution is 2.34. The van der Waals surface area contributed by atoms with Crippen molar-refractivity contribution in [2.24, 2.45) is 11.8 Å². The summed E-state index contributed by atoms with van der Waals surface area (Å²) in [5.74, 6) is -2.99. The number of aliphatic hydroxyl groups is 2. The summed E-state index contributed by atoms with van der Waals surface area (Å²) in [5.41, 5.74) is -1.81. The second-order valence-corrected chi connectivity index (χ2v) is 10.1. The summed E-state index contributed by atoms with van der Waals surface area (Å²) < 4.78 is 71.0. The summed E-state index contributed by atoms with van der Waals surface area (Å²) in [4.78, 5) is 21.1. The molecule has 212 valence electrons. The van der Waals surface area contributed by atoms with E-state index in [2.05, 4.69) is 20.0 Å². The van der Waals surface area contributed by atoms with Crippen molar-refractivity contribution in [2.45, 2.75) is 77.4 Å². The van der Waals surface area contributed by atoms with Crippen molar-refractivity contribution in [1.29, 1.82) is 0 Å². The zero-order valence-corrected chi connectivity index (χ0v) is 21.8. The Morgan fingerprint density at radius 1 is 1.39 bits per heavy atom. The normalized spacial score (nSPS) is 22.9. The van der Waals surface area contributed by atoms with Crippen LogP contribution in [0.1, 0.15) is 61.9 Å². The van der Waals surface area contributed by atoms with Gasteiger partial charge in [-0.05, 0) is 43.2 Å². The molecule has 0 aromatic carbocycles. The first-order valence-electron chi connectivity index (χ1n) is 12.1. The van der Waals surface area contributed by atoms with Crippen molar-refractivity contribution < 1.29 is 41.7 Å². The minimum atomic E-state index is -4.49. The van der Waals surface area contributed by atoms with Crippen LogP contribution in [0, 0.1) is 11.8 Å². The number of carbonyl (C=O) groups excluding carboxylic acids is 1. The molecule has 3 N–H and O–H groups in total. The second-order valence-electron chi connectivity index (χ2n) is 9.73. The summed E-state index contributed by atoms with van der Waals surface area (Å²) >= 11 is 6.43. The van der Waals surface area contributed by atoms with E-state index >= 15 is 0 Å². The highest BCUT2D eigenvalue weighted by Gasteiger charge is 2.41. The fourth-order valence-corrected chi connectivity index (χ4v) is 4.66. The fourth-order valence-electron chi connectivity index (χ4n) is 4.36. The Kier molecular flexibility index (Phi) is 9.25. The standard InChI is InChI=1S/C24H30ClF5N4O4/c1-4-17-33-18(21(36)32-11-23(37)6-5-12(2)7-16(23)35)19(25)34(17)20-15(38-22(26)27)9-14(10-31-20)8-13(3)24(28,29)30/h9-10,12-13,16,22,35,37H,4-8,11H2,1-3H3,(H,32,36)/t12-,13?,16-,23-/m1/s1. The van der Waals surface area contributed by atoms with Gasteiger partial charge >= 0.3 is 12.8 Å². The maximum Gasteiger partial charge on any atom is 0.391 e. The summed E-state index contributed by atoms with van der Waals surface area (Å²) in [6, 6.07) is 1.02. The van der Waals surface area contributed by atoms with Crippen LogP contribution in [0.25, 0.3) is 5.82 Å². The van der Waals surface area contributed by atoms with Gasteiger partial charge in [0.25, 0.3) is 5.91 Å². The van der Waals surface area contributed by atoms with Crippen LogP contribution in [-0.4, -0.2) is 61.7 Å². The van der Waals surface area contributed by atoms with Crippen molar-refractivity contribution >= 4 is 17.5 Å². The van der Waals surface area contributed by atoms with E-state index in [0.717, 1.165) is 23.8 Å². The van der Waals surface area contributed by atoms with E-state index in [1.165, 1.54) is 0 Å². The zero-order chi connectivity index (χ0) is 28.4. The second kappa shape index (κ2) is 11.7. The van der Waals surface area contributed by atoms with Gasteiger partial charge in [0.05, 0.1) is 12.0 Å². The summed E-state index contributed by atoms with van der Waals surface area (Å²) in [6.45, 7) is 0.980. The van der Waals surface area contributed by atoms with E-state index < -0.39 is 48.5 Å². The molecule has 1 fully saturated rings. The fraction of sp³-hybridized carbons (Fsp3) is 0.625. The Morgan fingerprint density at radius 2 is 2.08 bits per heavy atom. The number of hydrogen-bond donors (Lipinski definition) is 3. The van der Waals surface area contributed by atoms with Gasteiger partial charge in [0.1, 0.15) is 16.6 Å². The lowest BCUT2D eigenvalue weighted by atomic mass is 9.77. The molecule has 0 radical (unpaired) electrons. The topological polar surface area (TPSA) is 110 Å². The molecule has 1 aliphatic rings. The largest absolute Gasteiger partial charge is 0.431 e. The number of ether oxygens (including phenoxy) is 1. The number of carbonyl (C=O) groups is 1. The summed E-state index contributed by atoms with van der Waals surface area (Å²) in [5, 5.41) is 23.3. The van der Waals surface area contributed by atoms with E-state index in [0.29, 0.717) is 12.8 Å². The van der Waals surface area contributed by atoms with E-state index in [9.17, 15) is 37.0 Å². The molecule has 14 heteroatoms. The van der Waals surface area contributed by atoms with Gasteiger partial charge in [0, 0.05) is 19.2 Å². The van der Waals surface area contributed by atoms with Crippen LogP contribution in [0.15, 0.2) is 12.3 Å². The highest BCUT2D eigenvalue weighted by molar-refractivity contribution is 6.32. The SMILES string of the molecule is CCc1nc(C(=O)NC[C@]2(O)CC[C@@H](C)C[C@H]2O)c(Cl)n1-c1ncc(CC(C)C(F)(F)F)cc1OC(F)F. The maximum absolute atomic E-state index is 13.2. The van der Waals surface area contributed by atoms with Crippen molar-refractivity contribution in [3.63, 3.8) is 0 Å². The molecule has 38 heavy (non-hydrogen) atoms. The number of pyridine rings is 1. The molecular weight excluding hydrogens is 539 g/mol. The van der Waals surface area contributed by atoms with Crippen LogP contribution in [0.5, 0.6) is 5.75 Å². The Bertz CT molecular complexity index is 1150. The highest BCUT2D eigenvalue weighted by atomic mass is 35.5. The van der Waals surface area contributed by atoms with Crippen LogP contribution in [0.3, 0.4) is 0 Å². The molecule has 2 aromatic heterocycles. The molecule has 2 heterocycles. The number of nitrogens with zero attached hydrogens (tertiary/aromatic N) is 3. The molecule has 0 spiro atoms. The first kappa shape index (κ1) is 30.0. The van der Waals surface area contributed by atoms with Crippen LogP contribution >= 0.6 is 11.6 Å². The van der Waals surface area contributed by atoms with Gasteiger partial charge in [-0.1, -0.05) is 32.4 Å². The third-order valence-electron chi connectivity index (χ3n) is 6.71. The number of imidazole rings is 1.